The summed E-state index contributed by atoms with van der Waals surface area (Å²) >= 11 is 0. The molecule has 0 N–H and O–H groups in total. The quantitative estimate of drug-likeness (QED) is 0.627. The number of aryl methyl sites for hydroxylation is 1. The minimum atomic E-state index is -0.0700. The van der Waals surface area contributed by atoms with E-state index in [4.69, 9.17) is 4.42 Å². The highest BCUT2D eigenvalue weighted by Crippen LogP contribution is 2.49. The second-order valence-electron chi connectivity index (χ2n) is 11.2. The number of amides is 2. The molecule has 0 aliphatic carbocycles. The van der Waals surface area contributed by atoms with Gasteiger partial charge in [0.1, 0.15) is 5.69 Å². The fraction of sp³-hybridized carbons (Fsp3) is 0.667. The van der Waals surface area contributed by atoms with Crippen molar-refractivity contribution in [2.45, 2.75) is 71.3 Å². The Morgan fingerprint density at radius 1 is 1.06 bits per heavy atom. The van der Waals surface area contributed by atoms with Crippen molar-refractivity contribution in [1.82, 2.24) is 29.9 Å². The molecule has 0 radical (unpaired) electrons. The van der Waals surface area contributed by atoms with E-state index >= 15 is 0 Å². The van der Waals surface area contributed by atoms with Crippen molar-refractivity contribution in [2.24, 2.45) is 5.41 Å². The minimum Gasteiger partial charge on any atom is -0.423 e. The van der Waals surface area contributed by atoms with Gasteiger partial charge in [-0.1, -0.05) is 19.9 Å². The summed E-state index contributed by atoms with van der Waals surface area (Å²) in [6, 6.07) is 5.51. The molecule has 1 spiro atoms. The average Bonchev–Trinajstić information content (AvgIpc) is 3.50. The molecule has 2 aromatic heterocycles. The van der Waals surface area contributed by atoms with Gasteiger partial charge in [0.05, 0.1) is 12.6 Å². The van der Waals surface area contributed by atoms with Gasteiger partial charge in [-0.2, -0.15) is 0 Å². The first kappa shape index (κ1) is 24.9. The average molecular weight is 495 g/mol. The second-order valence-corrected chi connectivity index (χ2v) is 11.2. The van der Waals surface area contributed by atoms with Crippen LogP contribution in [0.3, 0.4) is 0 Å². The summed E-state index contributed by atoms with van der Waals surface area (Å²) in [7, 11) is 0. The zero-order chi connectivity index (χ0) is 25.3. The Bertz CT molecular complexity index is 1080. The number of likely N-dealkylation sites (tertiary alicyclic amines) is 3. The topological polar surface area (TPSA) is 95.7 Å². The Morgan fingerprint density at radius 2 is 1.81 bits per heavy atom. The standard InChI is InChI=1S/C27H38N6O3/c1-19(2)24-29-30-25(36-24)22-16-27(18-33(22)17-23(34)31-12-5-4-6-13-31)10-14-32(15-11-27)26(35)21-9-7-8-20(3)28-21/h7-9,19,22H,4-6,10-18H2,1-3H3. The number of carbonyl (C=O) groups is 2. The maximum absolute atomic E-state index is 13.2. The van der Waals surface area contributed by atoms with Crippen molar-refractivity contribution >= 4 is 11.8 Å². The fourth-order valence-corrected chi connectivity index (χ4v) is 5.96. The predicted molar refractivity (Wildman–Crippen MR) is 134 cm³/mol. The summed E-state index contributed by atoms with van der Waals surface area (Å²) in [6.45, 7) is 10.3. The van der Waals surface area contributed by atoms with Crippen LogP contribution in [0.1, 0.15) is 92.3 Å². The Labute approximate surface area is 213 Å². The van der Waals surface area contributed by atoms with Crippen LogP contribution in [0.25, 0.3) is 0 Å². The van der Waals surface area contributed by atoms with Crippen molar-refractivity contribution in [3.8, 4) is 0 Å². The van der Waals surface area contributed by atoms with E-state index in [1.54, 1.807) is 6.07 Å². The van der Waals surface area contributed by atoms with E-state index in [9.17, 15) is 9.59 Å². The molecule has 194 valence electrons. The number of rotatable bonds is 5. The second kappa shape index (κ2) is 10.3. The Hall–Kier alpha value is -2.81. The molecule has 9 heteroatoms. The number of hydrogen-bond acceptors (Lipinski definition) is 7. The van der Waals surface area contributed by atoms with Crippen LogP contribution in [0, 0.1) is 12.3 Å². The van der Waals surface area contributed by atoms with Gasteiger partial charge in [0, 0.05) is 44.3 Å². The zero-order valence-electron chi connectivity index (χ0n) is 21.8. The molecule has 2 aromatic rings. The van der Waals surface area contributed by atoms with E-state index < -0.39 is 0 Å². The maximum Gasteiger partial charge on any atom is 0.272 e. The molecule has 9 nitrogen and oxygen atoms in total. The highest BCUT2D eigenvalue weighted by molar-refractivity contribution is 5.92. The normalized spacial score (nSPS) is 22.5. The van der Waals surface area contributed by atoms with E-state index in [2.05, 4.69) is 20.1 Å². The number of piperidine rings is 2. The van der Waals surface area contributed by atoms with Crippen LogP contribution in [0.15, 0.2) is 22.6 Å². The summed E-state index contributed by atoms with van der Waals surface area (Å²) < 4.78 is 6.09. The molecule has 0 bridgehead atoms. The number of pyridine rings is 1. The van der Waals surface area contributed by atoms with E-state index in [0.717, 1.165) is 57.4 Å². The molecule has 3 aliphatic heterocycles. The van der Waals surface area contributed by atoms with Crippen LogP contribution in [0.5, 0.6) is 0 Å². The molecule has 5 heterocycles. The molecule has 5 rings (SSSR count). The van der Waals surface area contributed by atoms with Crippen LogP contribution in [-0.2, 0) is 4.79 Å². The first-order valence-electron chi connectivity index (χ1n) is 13.4. The lowest BCUT2D eigenvalue weighted by Gasteiger charge is -2.39. The third kappa shape index (κ3) is 5.16. The molecule has 3 fully saturated rings. The van der Waals surface area contributed by atoms with Crippen molar-refractivity contribution in [3.63, 3.8) is 0 Å². The van der Waals surface area contributed by atoms with Crippen LogP contribution < -0.4 is 0 Å². The molecule has 0 aromatic carbocycles. The van der Waals surface area contributed by atoms with E-state index in [1.165, 1.54) is 6.42 Å². The van der Waals surface area contributed by atoms with Gasteiger partial charge in [-0.05, 0) is 63.0 Å². The molecule has 36 heavy (non-hydrogen) atoms. The molecule has 1 atom stereocenters. The monoisotopic (exact) mass is 494 g/mol. The van der Waals surface area contributed by atoms with E-state index in [1.807, 2.05) is 42.7 Å². The van der Waals surface area contributed by atoms with E-state index in [-0.39, 0.29) is 29.2 Å². The van der Waals surface area contributed by atoms with E-state index in [0.29, 0.717) is 37.1 Å². The predicted octanol–water partition coefficient (Wildman–Crippen LogP) is 3.58. The highest BCUT2D eigenvalue weighted by Gasteiger charge is 2.49. The van der Waals surface area contributed by atoms with Crippen molar-refractivity contribution < 1.29 is 14.0 Å². The maximum atomic E-state index is 13.2. The van der Waals surface area contributed by atoms with Crippen molar-refractivity contribution in [1.29, 1.82) is 0 Å². The third-order valence-electron chi connectivity index (χ3n) is 8.11. The summed E-state index contributed by atoms with van der Waals surface area (Å²) in [6.07, 6.45) is 6.01. The van der Waals surface area contributed by atoms with Crippen LogP contribution in [-0.4, -0.2) is 81.0 Å². The lowest BCUT2D eigenvalue weighted by molar-refractivity contribution is -0.133. The first-order chi connectivity index (χ1) is 17.3. The van der Waals surface area contributed by atoms with Gasteiger partial charge in [-0.3, -0.25) is 14.5 Å². The fourth-order valence-electron chi connectivity index (χ4n) is 5.96. The SMILES string of the molecule is Cc1cccc(C(=O)N2CCC3(CC2)CC(c2nnc(C(C)C)o2)N(CC(=O)N2CCCCC2)C3)n1. The summed E-state index contributed by atoms with van der Waals surface area (Å²) in [5.74, 6) is 1.61. The van der Waals surface area contributed by atoms with Crippen LogP contribution in [0.2, 0.25) is 0 Å². The van der Waals surface area contributed by atoms with Crippen molar-refractivity contribution in [2.75, 3.05) is 39.3 Å². The lowest BCUT2D eigenvalue weighted by atomic mass is 9.76. The molecule has 0 saturated carbocycles. The number of carbonyl (C=O) groups excluding carboxylic acids is 2. The Balaban J connectivity index is 1.30. The lowest BCUT2D eigenvalue weighted by Crippen LogP contribution is -2.46. The van der Waals surface area contributed by atoms with Crippen LogP contribution >= 0.6 is 0 Å². The van der Waals surface area contributed by atoms with Gasteiger partial charge >= 0.3 is 0 Å². The Kier molecular flexibility index (Phi) is 7.10. The summed E-state index contributed by atoms with van der Waals surface area (Å²) in [5, 5.41) is 8.68. The first-order valence-corrected chi connectivity index (χ1v) is 13.4. The van der Waals surface area contributed by atoms with Gasteiger partial charge in [-0.15, -0.1) is 10.2 Å². The zero-order valence-corrected chi connectivity index (χ0v) is 21.8. The molecular weight excluding hydrogens is 456 g/mol. The number of aromatic nitrogens is 3. The smallest absolute Gasteiger partial charge is 0.272 e. The third-order valence-corrected chi connectivity index (χ3v) is 8.11. The van der Waals surface area contributed by atoms with Gasteiger partial charge in [0.25, 0.3) is 5.91 Å². The van der Waals surface area contributed by atoms with Gasteiger partial charge < -0.3 is 14.2 Å². The summed E-state index contributed by atoms with van der Waals surface area (Å²) in [5.41, 5.74) is 1.38. The number of hydrogen-bond donors (Lipinski definition) is 0. The summed E-state index contributed by atoms with van der Waals surface area (Å²) in [4.78, 5) is 36.9. The number of nitrogens with zero attached hydrogens (tertiary/aromatic N) is 6. The minimum absolute atomic E-state index is 0.00120. The Morgan fingerprint density at radius 3 is 2.47 bits per heavy atom. The molecule has 3 aliphatic rings. The van der Waals surface area contributed by atoms with Crippen LogP contribution in [0.4, 0.5) is 0 Å². The molecule has 3 saturated heterocycles. The molecular formula is C27H38N6O3. The molecule has 1 unspecified atom stereocenters. The van der Waals surface area contributed by atoms with Gasteiger partial charge in [0.15, 0.2) is 0 Å². The molecule has 2 amide bonds. The highest BCUT2D eigenvalue weighted by atomic mass is 16.4. The largest absolute Gasteiger partial charge is 0.423 e. The van der Waals surface area contributed by atoms with Crippen molar-refractivity contribution in [3.05, 3.63) is 41.4 Å². The van der Waals surface area contributed by atoms with Gasteiger partial charge in [-0.25, -0.2) is 4.98 Å². The van der Waals surface area contributed by atoms with Gasteiger partial charge in [0.2, 0.25) is 17.7 Å².